The minimum absolute atomic E-state index is 0.00478. The number of piperidine rings is 1. The lowest BCUT2D eigenvalue weighted by molar-refractivity contribution is -0.144. The Labute approximate surface area is 180 Å². The summed E-state index contributed by atoms with van der Waals surface area (Å²) in [5.41, 5.74) is 0. The first-order chi connectivity index (χ1) is 14.4. The fraction of sp³-hybridized carbons (Fsp3) is 0.905. The van der Waals surface area contributed by atoms with Crippen molar-refractivity contribution in [3.05, 3.63) is 0 Å². The first-order valence-corrected chi connectivity index (χ1v) is 13.2. The maximum absolute atomic E-state index is 13.3. The molecule has 3 fully saturated rings. The lowest BCUT2D eigenvalue weighted by Crippen LogP contribution is -2.49. The molecule has 172 valence electrons. The van der Waals surface area contributed by atoms with E-state index in [4.69, 9.17) is 4.74 Å². The summed E-state index contributed by atoms with van der Waals surface area (Å²) in [7, 11) is -3.24. The van der Waals surface area contributed by atoms with Crippen LogP contribution in [-0.2, 0) is 24.3 Å². The first kappa shape index (κ1) is 23.5. The van der Waals surface area contributed by atoms with Gasteiger partial charge in [0, 0.05) is 45.2 Å². The third-order valence-corrected chi connectivity index (χ3v) is 8.45. The number of unbranched alkanes of at least 4 members (excludes halogenated alkanes) is 1. The SMILES string of the molecule is CCCCS(=O)(=O)N1CCC(C(=O)N(CC(=O)N2CCCC2)C[C@@H]2CCCO2)CC1. The summed E-state index contributed by atoms with van der Waals surface area (Å²) in [6.07, 6.45) is 6.49. The third kappa shape index (κ3) is 6.17. The van der Waals surface area contributed by atoms with E-state index in [1.807, 2.05) is 11.8 Å². The molecule has 3 rings (SSSR count). The molecule has 0 aromatic rings. The normalized spacial score (nSPS) is 23.8. The minimum Gasteiger partial charge on any atom is -0.376 e. The van der Waals surface area contributed by atoms with E-state index < -0.39 is 10.0 Å². The molecule has 0 unspecified atom stereocenters. The van der Waals surface area contributed by atoms with Gasteiger partial charge in [0.15, 0.2) is 0 Å². The van der Waals surface area contributed by atoms with Gasteiger partial charge in [-0.05, 0) is 44.9 Å². The van der Waals surface area contributed by atoms with Crippen molar-refractivity contribution in [2.75, 3.05) is 51.6 Å². The Morgan fingerprint density at radius 1 is 1.03 bits per heavy atom. The van der Waals surface area contributed by atoms with E-state index in [0.717, 1.165) is 45.2 Å². The van der Waals surface area contributed by atoms with Crippen LogP contribution in [0.5, 0.6) is 0 Å². The zero-order valence-corrected chi connectivity index (χ0v) is 19.1. The number of carbonyl (C=O) groups excluding carboxylic acids is 2. The molecule has 30 heavy (non-hydrogen) atoms. The molecule has 0 radical (unpaired) electrons. The molecule has 1 atom stereocenters. The molecular formula is C21H37N3O5S. The lowest BCUT2D eigenvalue weighted by atomic mass is 9.96. The molecule has 0 spiro atoms. The molecule has 0 saturated carbocycles. The Bertz CT molecular complexity index is 679. The maximum Gasteiger partial charge on any atom is 0.242 e. The minimum atomic E-state index is -3.24. The number of amides is 2. The van der Waals surface area contributed by atoms with Gasteiger partial charge in [-0.1, -0.05) is 13.3 Å². The predicted octanol–water partition coefficient (Wildman–Crippen LogP) is 1.46. The van der Waals surface area contributed by atoms with Gasteiger partial charge in [-0.25, -0.2) is 12.7 Å². The molecule has 9 heteroatoms. The predicted molar refractivity (Wildman–Crippen MR) is 114 cm³/mol. The monoisotopic (exact) mass is 443 g/mol. The molecule has 0 aromatic carbocycles. The van der Waals surface area contributed by atoms with Crippen molar-refractivity contribution in [2.45, 2.75) is 64.4 Å². The van der Waals surface area contributed by atoms with Crippen molar-refractivity contribution in [2.24, 2.45) is 5.92 Å². The third-order valence-electron chi connectivity index (χ3n) is 6.50. The number of carbonyl (C=O) groups is 2. The molecule has 0 N–H and O–H groups in total. The van der Waals surface area contributed by atoms with E-state index in [1.165, 1.54) is 4.31 Å². The summed E-state index contributed by atoms with van der Waals surface area (Å²) in [4.78, 5) is 29.5. The number of hydrogen-bond donors (Lipinski definition) is 0. The van der Waals surface area contributed by atoms with E-state index in [9.17, 15) is 18.0 Å². The number of likely N-dealkylation sites (tertiary alicyclic amines) is 1. The van der Waals surface area contributed by atoms with Gasteiger partial charge >= 0.3 is 0 Å². The molecule has 0 bridgehead atoms. The molecule has 0 aromatic heterocycles. The fourth-order valence-corrected chi connectivity index (χ4v) is 6.27. The summed E-state index contributed by atoms with van der Waals surface area (Å²) in [5, 5.41) is 0. The van der Waals surface area contributed by atoms with Crippen LogP contribution in [0.25, 0.3) is 0 Å². The van der Waals surface area contributed by atoms with Crippen LogP contribution in [-0.4, -0.2) is 92.1 Å². The fourth-order valence-electron chi connectivity index (χ4n) is 4.59. The number of nitrogens with zero attached hydrogens (tertiary/aromatic N) is 3. The van der Waals surface area contributed by atoms with Crippen molar-refractivity contribution in [3.8, 4) is 0 Å². The van der Waals surface area contributed by atoms with Crippen LogP contribution >= 0.6 is 0 Å². The van der Waals surface area contributed by atoms with E-state index in [1.54, 1.807) is 4.90 Å². The van der Waals surface area contributed by atoms with Crippen molar-refractivity contribution in [3.63, 3.8) is 0 Å². The second kappa shape index (κ2) is 10.9. The van der Waals surface area contributed by atoms with Crippen LogP contribution < -0.4 is 0 Å². The van der Waals surface area contributed by atoms with Gasteiger partial charge in [-0.15, -0.1) is 0 Å². The highest BCUT2D eigenvalue weighted by Crippen LogP contribution is 2.24. The number of ether oxygens (including phenoxy) is 1. The Hall–Kier alpha value is -1.19. The Balaban J connectivity index is 1.58. The Morgan fingerprint density at radius 3 is 2.33 bits per heavy atom. The standard InChI is InChI=1S/C21H37N3O5S/c1-2-3-15-30(27,28)24-12-8-18(9-13-24)21(26)23(16-19-7-6-14-29-19)17-20(25)22-10-4-5-11-22/h18-19H,2-17H2,1H3/t19-/m0/s1. The number of rotatable bonds is 9. The van der Waals surface area contributed by atoms with E-state index in [0.29, 0.717) is 45.5 Å². The number of hydrogen-bond acceptors (Lipinski definition) is 5. The van der Waals surface area contributed by atoms with Crippen LogP contribution in [0.2, 0.25) is 0 Å². The van der Waals surface area contributed by atoms with Gasteiger partial charge in [0.1, 0.15) is 0 Å². The van der Waals surface area contributed by atoms with Gasteiger partial charge in [-0.2, -0.15) is 0 Å². The summed E-state index contributed by atoms with van der Waals surface area (Å²) < 4.78 is 32.1. The smallest absolute Gasteiger partial charge is 0.242 e. The molecule has 3 saturated heterocycles. The van der Waals surface area contributed by atoms with Crippen molar-refractivity contribution < 1.29 is 22.7 Å². The van der Waals surface area contributed by atoms with Crippen molar-refractivity contribution in [1.29, 1.82) is 0 Å². The van der Waals surface area contributed by atoms with Gasteiger partial charge in [0.25, 0.3) is 0 Å². The van der Waals surface area contributed by atoms with Crippen molar-refractivity contribution >= 4 is 21.8 Å². The van der Waals surface area contributed by atoms with Gasteiger partial charge in [0.05, 0.1) is 18.4 Å². The van der Waals surface area contributed by atoms with Gasteiger partial charge in [0.2, 0.25) is 21.8 Å². The van der Waals surface area contributed by atoms with Crippen LogP contribution in [0.1, 0.15) is 58.3 Å². The quantitative estimate of drug-likeness (QED) is 0.538. The maximum atomic E-state index is 13.3. The molecule has 8 nitrogen and oxygen atoms in total. The van der Waals surface area contributed by atoms with Crippen molar-refractivity contribution in [1.82, 2.24) is 14.1 Å². The highest BCUT2D eigenvalue weighted by Gasteiger charge is 2.35. The molecular weight excluding hydrogens is 406 g/mol. The van der Waals surface area contributed by atoms with Gasteiger partial charge < -0.3 is 14.5 Å². The Kier molecular flexibility index (Phi) is 8.53. The zero-order chi connectivity index (χ0) is 21.6. The molecule has 2 amide bonds. The van der Waals surface area contributed by atoms with E-state index in [2.05, 4.69) is 0 Å². The summed E-state index contributed by atoms with van der Waals surface area (Å²) in [6, 6.07) is 0. The molecule has 0 aliphatic carbocycles. The summed E-state index contributed by atoms with van der Waals surface area (Å²) in [5.74, 6) is -0.0603. The second-order valence-corrected chi connectivity index (χ2v) is 10.9. The van der Waals surface area contributed by atoms with E-state index in [-0.39, 0.29) is 36.1 Å². The zero-order valence-electron chi connectivity index (χ0n) is 18.3. The van der Waals surface area contributed by atoms with Crippen LogP contribution in [0, 0.1) is 5.92 Å². The summed E-state index contributed by atoms with van der Waals surface area (Å²) >= 11 is 0. The average Bonchev–Trinajstić information content (AvgIpc) is 3.45. The average molecular weight is 444 g/mol. The highest BCUT2D eigenvalue weighted by molar-refractivity contribution is 7.89. The van der Waals surface area contributed by atoms with Crippen LogP contribution in [0.3, 0.4) is 0 Å². The molecule has 3 aliphatic heterocycles. The largest absolute Gasteiger partial charge is 0.376 e. The second-order valence-electron chi connectivity index (χ2n) is 8.78. The highest BCUT2D eigenvalue weighted by atomic mass is 32.2. The number of sulfonamides is 1. The van der Waals surface area contributed by atoms with Crippen LogP contribution in [0.15, 0.2) is 0 Å². The topological polar surface area (TPSA) is 87.2 Å². The first-order valence-electron chi connectivity index (χ1n) is 11.6. The lowest BCUT2D eigenvalue weighted by Gasteiger charge is -2.34. The van der Waals surface area contributed by atoms with Gasteiger partial charge in [-0.3, -0.25) is 9.59 Å². The van der Waals surface area contributed by atoms with Crippen LogP contribution in [0.4, 0.5) is 0 Å². The Morgan fingerprint density at radius 2 is 1.73 bits per heavy atom. The summed E-state index contributed by atoms with van der Waals surface area (Å²) in [6.45, 7) is 5.56. The molecule has 3 aliphatic rings. The molecule has 3 heterocycles. The van der Waals surface area contributed by atoms with E-state index >= 15 is 0 Å².